The molecule has 1 heterocycles. The number of nitrogens with zero attached hydrogens (tertiary/aromatic N) is 1. The van der Waals surface area contributed by atoms with Gasteiger partial charge in [-0.05, 0) is 49.1 Å². The van der Waals surface area contributed by atoms with E-state index in [1.54, 1.807) is 32.0 Å². The fraction of sp³-hybridized carbons (Fsp3) is 0.304. The Labute approximate surface area is 185 Å². The number of hydrogen-bond acceptors (Lipinski definition) is 6. The van der Waals surface area contributed by atoms with E-state index >= 15 is 0 Å². The molecule has 0 saturated carbocycles. The van der Waals surface area contributed by atoms with Crippen molar-refractivity contribution in [3.8, 4) is 5.88 Å². The molecule has 0 radical (unpaired) electrons. The minimum absolute atomic E-state index is 0.0987. The van der Waals surface area contributed by atoms with Crippen LogP contribution in [0.25, 0.3) is 10.8 Å². The van der Waals surface area contributed by atoms with Crippen LogP contribution in [0.1, 0.15) is 41.4 Å². The number of nitrogens with one attached hydrogen (secondary N) is 1. The zero-order chi connectivity index (χ0) is 23.5. The summed E-state index contributed by atoms with van der Waals surface area (Å²) in [5.74, 6) is -2.53. The zero-order valence-corrected chi connectivity index (χ0v) is 18.8. The minimum Gasteiger partial charge on any atom is -0.478 e. The maximum Gasteiger partial charge on any atom is 0.221 e. The number of rotatable bonds is 9. The van der Waals surface area contributed by atoms with Gasteiger partial charge in [0.25, 0.3) is 0 Å². The molecule has 6 nitrogen and oxygen atoms in total. The van der Waals surface area contributed by atoms with Crippen LogP contribution in [-0.4, -0.2) is 44.3 Å². The van der Waals surface area contributed by atoms with Crippen molar-refractivity contribution < 1.29 is 26.7 Å². The summed E-state index contributed by atoms with van der Waals surface area (Å²) in [6.07, 6.45) is 2.59. The van der Waals surface area contributed by atoms with Crippen molar-refractivity contribution in [1.82, 2.24) is 10.3 Å². The molecule has 1 atom stereocenters. The van der Waals surface area contributed by atoms with E-state index in [1.165, 1.54) is 12.3 Å². The number of ketones is 1. The Hall–Kier alpha value is -2.91. The number of hydrogen-bond donors (Lipinski definition) is 1. The fourth-order valence-electron chi connectivity index (χ4n) is 3.40. The highest BCUT2D eigenvalue weighted by atomic mass is 32.2. The molecule has 1 N–H and O–H groups in total. The summed E-state index contributed by atoms with van der Waals surface area (Å²) in [7, 11) is -3.16. The van der Waals surface area contributed by atoms with Gasteiger partial charge in [-0.25, -0.2) is 22.2 Å². The van der Waals surface area contributed by atoms with E-state index < -0.39 is 38.9 Å². The van der Waals surface area contributed by atoms with Crippen LogP contribution in [0, 0.1) is 11.6 Å². The molecule has 32 heavy (non-hydrogen) atoms. The summed E-state index contributed by atoms with van der Waals surface area (Å²) >= 11 is 0. The van der Waals surface area contributed by atoms with Gasteiger partial charge in [-0.3, -0.25) is 4.79 Å². The summed E-state index contributed by atoms with van der Waals surface area (Å²) in [6, 6.07) is 8.11. The molecule has 0 bridgehead atoms. The van der Waals surface area contributed by atoms with E-state index in [0.717, 1.165) is 18.4 Å². The number of ether oxygens (including phenoxy) is 1. The van der Waals surface area contributed by atoms with Gasteiger partial charge in [-0.15, -0.1) is 0 Å². The lowest BCUT2D eigenvalue weighted by Gasteiger charge is -2.16. The minimum atomic E-state index is -3.16. The first-order chi connectivity index (χ1) is 15.1. The van der Waals surface area contributed by atoms with Gasteiger partial charge in [0.15, 0.2) is 5.78 Å². The Balaban J connectivity index is 1.94. The number of fused-ring (bicyclic) bond motifs is 1. The number of sulfone groups is 1. The predicted octanol–water partition coefficient (Wildman–Crippen LogP) is 3.84. The van der Waals surface area contributed by atoms with Gasteiger partial charge in [-0.1, -0.05) is 12.1 Å². The Bertz CT molecular complexity index is 1240. The molecular formula is C23H24F2N2O4S. The average Bonchev–Trinajstić information content (AvgIpc) is 2.72. The lowest BCUT2D eigenvalue weighted by molar-refractivity contribution is 0.103. The number of carbonyl (C=O) groups is 1. The monoisotopic (exact) mass is 462 g/mol. The highest BCUT2D eigenvalue weighted by molar-refractivity contribution is 7.90. The molecular weight excluding hydrogens is 438 g/mol. The summed E-state index contributed by atoms with van der Waals surface area (Å²) in [6.45, 7) is 3.98. The highest BCUT2D eigenvalue weighted by Gasteiger charge is 2.23. The SMILES string of the molecule is CCOc1nccc2c(C(=O)c3c(F)cc(C(C)NCCS(C)(=O)=O)cc3F)cccc12. The number of benzene rings is 2. The third-order valence-electron chi connectivity index (χ3n) is 5.01. The Morgan fingerprint density at radius 2 is 1.84 bits per heavy atom. The second kappa shape index (κ2) is 9.70. The topological polar surface area (TPSA) is 85.4 Å². The third-order valence-corrected chi connectivity index (χ3v) is 5.96. The smallest absolute Gasteiger partial charge is 0.221 e. The number of halogens is 2. The maximum absolute atomic E-state index is 14.9. The molecule has 2 aromatic carbocycles. The first-order valence-corrected chi connectivity index (χ1v) is 12.1. The van der Waals surface area contributed by atoms with Crippen molar-refractivity contribution in [2.24, 2.45) is 0 Å². The largest absolute Gasteiger partial charge is 0.478 e. The average molecular weight is 463 g/mol. The van der Waals surface area contributed by atoms with Crippen molar-refractivity contribution in [1.29, 1.82) is 0 Å². The van der Waals surface area contributed by atoms with E-state index in [4.69, 9.17) is 4.74 Å². The van der Waals surface area contributed by atoms with Gasteiger partial charge in [0.2, 0.25) is 5.88 Å². The molecule has 3 aromatic rings. The van der Waals surface area contributed by atoms with E-state index in [9.17, 15) is 22.0 Å². The van der Waals surface area contributed by atoms with Crippen LogP contribution >= 0.6 is 0 Å². The second-order valence-corrected chi connectivity index (χ2v) is 9.70. The number of pyridine rings is 1. The summed E-state index contributed by atoms with van der Waals surface area (Å²) in [4.78, 5) is 17.3. The van der Waals surface area contributed by atoms with Crippen LogP contribution < -0.4 is 10.1 Å². The van der Waals surface area contributed by atoms with E-state index in [-0.39, 0.29) is 23.4 Å². The summed E-state index contributed by atoms with van der Waals surface area (Å²) < 4.78 is 57.8. The summed E-state index contributed by atoms with van der Waals surface area (Å²) in [5.41, 5.74) is -0.249. The van der Waals surface area contributed by atoms with Gasteiger partial charge in [-0.2, -0.15) is 0 Å². The molecule has 0 aliphatic carbocycles. The molecule has 0 fully saturated rings. The van der Waals surface area contributed by atoms with Crippen LogP contribution in [0.3, 0.4) is 0 Å². The Kier molecular flexibility index (Phi) is 7.20. The molecule has 1 unspecified atom stereocenters. The van der Waals surface area contributed by atoms with Crippen molar-refractivity contribution in [3.63, 3.8) is 0 Å². The first kappa shape index (κ1) is 23.7. The highest BCUT2D eigenvalue weighted by Crippen LogP contribution is 2.29. The maximum atomic E-state index is 14.9. The zero-order valence-electron chi connectivity index (χ0n) is 18.0. The molecule has 9 heteroatoms. The van der Waals surface area contributed by atoms with E-state index in [0.29, 0.717) is 23.3 Å². The van der Waals surface area contributed by atoms with Crippen molar-refractivity contribution in [3.05, 3.63) is 70.9 Å². The molecule has 0 spiro atoms. The van der Waals surface area contributed by atoms with Gasteiger partial charge >= 0.3 is 0 Å². The first-order valence-electron chi connectivity index (χ1n) is 10.1. The number of carbonyl (C=O) groups excluding carboxylic acids is 1. The van der Waals surface area contributed by atoms with Gasteiger partial charge in [0, 0.05) is 36.0 Å². The Morgan fingerprint density at radius 1 is 1.16 bits per heavy atom. The fourth-order valence-corrected chi connectivity index (χ4v) is 3.89. The molecule has 170 valence electrons. The molecule has 1 aromatic heterocycles. The lowest BCUT2D eigenvalue weighted by atomic mass is 9.95. The quantitative estimate of drug-likeness (QED) is 0.487. The van der Waals surface area contributed by atoms with Gasteiger partial charge < -0.3 is 10.1 Å². The van der Waals surface area contributed by atoms with Crippen molar-refractivity contribution in [2.75, 3.05) is 25.2 Å². The number of aromatic nitrogens is 1. The van der Waals surface area contributed by atoms with Gasteiger partial charge in [0.05, 0.1) is 17.9 Å². The van der Waals surface area contributed by atoms with Crippen LogP contribution in [-0.2, 0) is 9.84 Å². The van der Waals surface area contributed by atoms with Crippen molar-refractivity contribution in [2.45, 2.75) is 19.9 Å². The van der Waals surface area contributed by atoms with E-state index in [2.05, 4.69) is 10.3 Å². The van der Waals surface area contributed by atoms with Crippen LogP contribution in [0.15, 0.2) is 42.6 Å². The molecule has 0 saturated heterocycles. The molecule has 0 aliphatic rings. The molecule has 0 amide bonds. The standard InChI is InChI=1S/C23H24F2N2O4S/c1-4-31-23-18-7-5-6-17(16(18)8-9-27-23)22(28)21-19(24)12-15(13-20(21)25)14(2)26-10-11-32(3,29)30/h5-9,12-14,26H,4,10-11H2,1-3H3. The molecule has 0 aliphatic heterocycles. The lowest BCUT2D eigenvalue weighted by Crippen LogP contribution is -2.25. The predicted molar refractivity (Wildman–Crippen MR) is 119 cm³/mol. The van der Waals surface area contributed by atoms with Crippen molar-refractivity contribution >= 4 is 26.4 Å². The Morgan fingerprint density at radius 3 is 2.47 bits per heavy atom. The third kappa shape index (κ3) is 5.28. The van der Waals surface area contributed by atoms with Gasteiger partial charge in [0.1, 0.15) is 21.5 Å². The second-order valence-electron chi connectivity index (χ2n) is 7.44. The van der Waals surface area contributed by atoms with Crippen LogP contribution in [0.2, 0.25) is 0 Å². The van der Waals surface area contributed by atoms with Crippen LogP contribution in [0.4, 0.5) is 8.78 Å². The normalized spacial score (nSPS) is 12.7. The summed E-state index contributed by atoms with van der Waals surface area (Å²) in [5, 5.41) is 3.97. The van der Waals surface area contributed by atoms with E-state index in [1.807, 2.05) is 0 Å². The van der Waals surface area contributed by atoms with Crippen LogP contribution in [0.5, 0.6) is 5.88 Å². The molecule has 3 rings (SSSR count).